The van der Waals surface area contributed by atoms with Crippen LogP contribution >= 0.6 is 24.0 Å². The number of rotatable bonds is 5. The van der Waals surface area contributed by atoms with Gasteiger partial charge in [-0.25, -0.2) is 0 Å². The van der Waals surface area contributed by atoms with Gasteiger partial charge in [0.1, 0.15) is 6.33 Å². The Kier molecular flexibility index (Phi) is 8.01. The maximum Gasteiger partial charge on any atom is 0.191 e. The van der Waals surface area contributed by atoms with E-state index in [1.54, 1.807) is 13.4 Å². The highest BCUT2D eigenvalue weighted by Crippen LogP contribution is 2.08. The molecule has 0 saturated carbocycles. The van der Waals surface area contributed by atoms with Crippen molar-refractivity contribution in [1.82, 2.24) is 25.4 Å². The summed E-state index contributed by atoms with van der Waals surface area (Å²) in [5.74, 6) is 2.14. The summed E-state index contributed by atoms with van der Waals surface area (Å²) in [7, 11) is 1.77. The summed E-state index contributed by atoms with van der Waals surface area (Å²) in [5, 5.41) is 14.8. The van der Waals surface area contributed by atoms with E-state index in [1.807, 2.05) is 34.9 Å². The third-order valence-corrected chi connectivity index (χ3v) is 3.65. The molecule has 23 heavy (non-hydrogen) atoms. The van der Waals surface area contributed by atoms with Crippen molar-refractivity contribution in [2.45, 2.75) is 33.4 Å². The van der Waals surface area contributed by atoms with Crippen LogP contribution in [0.25, 0.3) is 5.69 Å². The lowest BCUT2D eigenvalue weighted by Crippen LogP contribution is -2.44. The molecular weight excluding hydrogens is 403 g/mol. The fourth-order valence-corrected chi connectivity index (χ4v) is 1.92. The zero-order valence-electron chi connectivity index (χ0n) is 14.0. The minimum absolute atomic E-state index is 0. The van der Waals surface area contributed by atoms with Gasteiger partial charge in [0.15, 0.2) is 11.8 Å². The molecule has 2 N–H and O–H groups in total. The molecule has 2 aromatic rings. The Morgan fingerprint density at radius 2 is 1.91 bits per heavy atom. The first kappa shape index (κ1) is 19.4. The largest absolute Gasteiger partial charge is 0.354 e. The highest BCUT2D eigenvalue weighted by Gasteiger charge is 2.10. The molecule has 6 nitrogen and oxygen atoms in total. The molecule has 0 aliphatic rings. The van der Waals surface area contributed by atoms with Gasteiger partial charge in [-0.15, -0.1) is 34.2 Å². The van der Waals surface area contributed by atoms with E-state index in [1.165, 1.54) is 0 Å². The van der Waals surface area contributed by atoms with Crippen LogP contribution < -0.4 is 10.6 Å². The fraction of sp³-hybridized carbons (Fsp3) is 0.438. The summed E-state index contributed by atoms with van der Waals surface area (Å²) >= 11 is 0. The molecule has 7 heteroatoms. The van der Waals surface area contributed by atoms with E-state index in [0.717, 1.165) is 17.5 Å². The van der Waals surface area contributed by atoms with Gasteiger partial charge in [0.25, 0.3) is 0 Å². The van der Waals surface area contributed by atoms with Gasteiger partial charge in [-0.1, -0.05) is 32.0 Å². The van der Waals surface area contributed by atoms with Crippen molar-refractivity contribution >= 4 is 29.9 Å². The zero-order chi connectivity index (χ0) is 15.9. The number of nitrogens with one attached hydrogen (secondary N) is 2. The summed E-state index contributed by atoms with van der Waals surface area (Å²) in [6.07, 6.45) is 1.72. The third kappa shape index (κ3) is 5.49. The van der Waals surface area contributed by atoms with Gasteiger partial charge in [-0.3, -0.25) is 9.56 Å². The molecular formula is C16H25IN6. The van der Waals surface area contributed by atoms with E-state index in [9.17, 15) is 0 Å². The Morgan fingerprint density at radius 1 is 1.22 bits per heavy atom. The van der Waals surface area contributed by atoms with Crippen molar-refractivity contribution in [2.75, 3.05) is 7.05 Å². The summed E-state index contributed by atoms with van der Waals surface area (Å²) in [5.41, 5.74) is 1.04. The Hall–Kier alpha value is -1.64. The number of guanidine groups is 1. The van der Waals surface area contributed by atoms with Crippen LogP contribution in [0.4, 0.5) is 0 Å². The van der Waals surface area contributed by atoms with Crippen molar-refractivity contribution in [3.8, 4) is 5.69 Å². The molecule has 0 spiro atoms. The van der Waals surface area contributed by atoms with Crippen molar-refractivity contribution < 1.29 is 0 Å². The minimum atomic E-state index is 0. The van der Waals surface area contributed by atoms with Gasteiger partial charge < -0.3 is 10.6 Å². The third-order valence-electron chi connectivity index (χ3n) is 3.65. The van der Waals surface area contributed by atoms with Crippen LogP contribution in [-0.4, -0.2) is 33.8 Å². The molecule has 1 atom stereocenters. The molecule has 1 unspecified atom stereocenters. The molecule has 0 amide bonds. The van der Waals surface area contributed by atoms with Gasteiger partial charge in [0.05, 0.1) is 6.54 Å². The minimum Gasteiger partial charge on any atom is -0.354 e. The molecule has 1 aromatic heterocycles. The molecule has 126 valence electrons. The Balaban J connectivity index is 0.00000264. The summed E-state index contributed by atoms with van der Waals surface area (Å²) in [4.78, 5) is 4.25. The standard InChI is InChI=1S/C16H24N6.HI/c1-12(2)13(3)20-16(17-4)18-10-15-21-19-11-22(15)14-8-6-5-7-9-14;/h5-9,11-13H,10H2,1-4H3,(H2,17,18,20);1H. The molecule has 0 aliphatic heterocycles. The molecule has 0 bridgehead atoms. The maximum absolute atomic E-state index is 4.25. The number of para-hydroxylation sites is 1. The average Bonchev–Trinajstić information content (AvgIpc) is 3.00. The van der Waals surface area contributed by atoms with Crippen LogP contribution in [0.5, 0.6) is 0 Å². The quantitative estimate of drug-likeness (QED) is 0.437. The summed E-state index contributed by atoms with van der Waals surface area (Å²) in [6, 6.07) is 10.4. The lowest BCUT2D eigenvalue weighted by Gasteiger charge is -2.20. The highest BCUT2D eigenvalue weighted by atomic mass is 127. The molecule has 0 saturated heterocycles. The normalized spacial score (nSPS) is 12.7. The maximum atomic E-state index is 4.25. The van der Waals surface area contributed by atoms with Gasteiger partial charge in [-0.05, 0) is 25.0 Å². The second kappa shape index (κ2) is 9.49. The fourth-order valence-electron chi connectivity index (χ4n) is 1.92. The smallest absolute Gasteiger partial charge is 0.191 e. The highest BCUT2D eigenvalue weighted by molar-refractivity contribution is 14.0. The summed E-state index contributed by atoms with van der Waals surface area (Å²) < 4.78 is 1.96. The zero-order valence-corrected chi connectivity index (χ0v) is 16.4. The van der Waals surface area contributed by atoms with Gasteiger partial charge >= 0.3 is 0 Å². The Bertz CT molecular complexity index is 608. The predicted molar refractivity (Wildman–Crippen MR) is 104 cm³/mol. The van der Waals surface area contributed by atoms with Crippen molar-refractivity contribution in [1.29, 1.82) is 0 Å². The second-order valence-electron chi connectivity index (χ2n) is 5.56. The summed E-state index contributed by atoms with van der Waals surface area (Å²) in [6.45, 7) is 7.05. The lowest BCUT2D eigenvalue weighted by molar-refractivity contribution is 0.480. The monoisotopic (exact) mass is 428 g/mol. The van der Waals surface area contributed by atoms with Crippen LogP contribution in [-0.2, 0) is 6.54 Å². The first-order valence-electron chi connectivity index (χ1n) is 7.53. The molecule has 2 rings (SSSR count). The number of aliphatic imine (C=N–C) groups is 1. The van der Waals surface area contributed by atoms with Crippen LogP contribution in [0, 0.1) is 5.92 Å². The molecule has 0 aliphatic carbocycles. The number of halogens is 1. The van der Waals surface area contributed by atoms with E-state index >= 15 is 0 Å². The van der Waals surface area contributed by atoms with Crippen molar-refractivity contribution in [3.63, 3.8) is 0 Å². The predicted octanol–water partition coefficient (Wildman–Crippen LogP) is 2.59. The van der Waals surface area contributed by atoms with Crippen molar-refractivity contribution in [3.05, 3.63) is 42.5 Å². The van der Waals surface area contributed by atoms with Crippen LogP contribution in [0.3, 0.4) is 0 Å². The molecule has 0 radical (unpaired) electrons. The van der Waals surface area contributed by atoms with E-state index in [4.69, 9.17) is 0 Å². The number of aromatic nitrogens is 3. The van der Waals surface area contributed by atoms with Gasteiger partial charge in [0.2, 0.25) is 0 Å². The van der Waals surface area contributed by atoms with Crippen LogP contribution in [0.1, 0.15) is 26.6 Å². The number of hydrogen-bond donors (Lipinski definition) is 2. The molecule has 1 aromatic carbocycles. The van der Waals surface area contributed by atoms with E-state index < -0.39 is 0 Å². The van der Waals surface area contributed by atoms with Crippen LogP contribution in [0.2, 0.25) is 0 Å². The molecule has 0 fully saturated rings. The average molecular weight is 428 g/mol. The molecule has 1 heterocycles. The first-order valence-corrected chi connectivity index (χ1v) is 7.53. The first-order chi connectivity index (χ1) is 10.6. The Labute approximate surface area is 154 Å². The Morgan fingerprint density at radius 3 is 2.52 bits per heavy atom. The van der Waals surface area contributed by atoms with E-state index in [2.05, 4.69) is 46.6 Å². The van der Waals surface area contributed by atoms with Gasteiger partial charge in [-0.2, -0.15) is 0 Å². The topological polar surface area (TPSA) is 67.1 Å². The number of hydrogen-bond acceptors (Lipinski definition) is 3. The van der Waals surface area contributed by atoms with Crippen molar-refractivity contribution in [2.24, 2.45) is 10.9 Å². The SMILES string of the molecule is CN=C(NCc1nncn1-c1ccccc1)NC(C)C(C)C.I. The number of benzene rings is 1. The number of nitrogens with zero attached hydrogens (tertiary/aromatic N) is 4. The van der Waals surface area contributed by atoms with Gasteiger partial charge in [0, 0.05) is 18.8 Å². The lowest BCUT2D eigenvalue weighted by atomic mass is 10.1. The second-order valence-corrected chi connectivity index (χ2v) is 5.56. The van der Waals surface area contributed by atoms with Crippen LogP contribution in [0.15, 0.2) is 41.7 Å². The van der Waals surface area contributed by atoms with E-state index in [-0.39, 0.29) is 24.0 Å². The van der Waals surface area contributed by atoms with E-state index in [0.29, 0.717) is 18.5 Å².